The maximum atomic E-state index is 5.58. The smallest absolute Gasteiger partial charge is 0.134 e. The van der Waals surface area contributed by atoms with Crippen LogP contribution in [0.25, 0.3) is 11.0 Å². The lowest BCUT2D eigenvalue weighted by atomic mass is 10.1. The summed E-state index contributed by atoms with van der Waals surface area (Å²) in [7, 11) is 2.18. The topological polar surface area (TPSA) is 28.4 Å². The van der Waals surface area contributed by atoms with E-state index in [1.54, 1.807) is 0 Å². The lowest BCUT2D eigenvalue weighted by Gasteiger charge is -2.20. The van der Waals surface area contributed by atoms with E-state index in [0.29, 0.717) is 6.04 Å². The average molecular weight is 244 g/mol. The van der Waals surface area contributed by atoms with Crippen LogP contribution in [0.5, 0.6) is 0 Å². The highest BCUT2D eigenvalue weighted by molar-refractivity contribution is 5.80. The van der Waals surface area contributed by atoms with Crippen LogP contribution in [0.1, 0.15) is 18.4 Å². The minimum absolute atomic E-state index is 0.660. The molecular formula is C15H20N2O. The van der Waals surface area contributed by atoms with Crippen molar-refractivity contribution in [1.82, 2.24) is 10.2 Å². The van der Waals surface area contributed by atoms with Gasteiger partial charge >= 0.3 is 0 Å². The second kappa shape index (κ2) is 5.12. The summed E-state index contributed by atoms with van der Waals surface area (Å²) in [4.78, 5) is 2.38. The summed E-state index contributed by atoms with van der Waals surface area (Å²) in [6.45, 7) is 3.24. The van der Waals surface area contributed by atoms with Gasteiger partial charge in [-0.25, -0.2) is 0 Å². The second-order valence-electron chi connectivity index (χ2n) is 5.25. The van der Waals surface area contributed by atoms with Crippen LogP contribution in [0, 0.1) is 0 Å². The number of hydrogen-bond donors (Lipinski definition) is 1. The average Bonchev–Trinajstić information content (AvgIpc) is 3.00. The van der Waals surface area contributed by atoms with Crippen molar-refractivity contribution in [2.45, 2.75) is 25.4 Å². The Morgan fingerprint density at radius 3 is 3.11 bits per heavy atom. The van der Waals surface area contributed by atoms with Gasteiger partial charge in [-0.3, -0.25) is 0 Å². The summed E-state index contributed by atoms with van der Waals surface area (Å²) in [6.07, 6.45) is 4.51. The number of likely N-dealkylation sites (N-methyl/N-ethyl adjacent to an activating group) is 1. The van der Waals surface area contributed by atoms with Gasteiger partial charge in [0.1, 0.15) is 5.58 Å². The first-order chi connectivity index (χ1) is 8.83. The maximum absolute atomic E-state index is 5.58. The maximum Gasteiger partial charge on any atom is 0.134 e. The van der Waals surface area contributed by atoms with Gasteiger partial charge in [0, 0.05) is 30.1 Å². The zero-order valence-electron chi connectivity index (χ0n) is 10.9. The molecule has 3 heteroatoms. The van der Waals surface area contributed by atoms with Crippen molar-refractivity contribution in [3.8, 4) is 0 Å². The Kier molecular flexibility index (Phi) is 3.35. The quantitative estimate of drug-likeness (QED) is 0.896. The van der Waals surface area contributed by atoms with Gasteiger partial charge in [0.05, 0.1) is 6.26 Å². The van der Waals surface area contributed by atoms with Gasteiger partial charge in [0.25, 0.3) is 0 Å². The first-order valence-electron chi connectivity index (χ1n) is 6.70. The number of nitrogens with one attached hydrogen (secondary N) is 1. The summed E-state index contributed by atoms with van der Waals surface area (Å²) >= 11 is 0. The highest BCUT2D eigenvalue weighted by Crippen LogP contribution is 2.22. The summed E-state index contributed by atoms with van der Waals surface area (Å²) in [5, 5.41) is 4.78. The number of hydrogen-bond acceptors (Lipinski definition) is 3. The molecule has 1 N–H and O–H groups in total. The third-order valence-corrected chi connectivity index (χ3v) is 3.70. The summed E-state index contributed by atoms with van der Waals surface area (Å²) < 4.78 is 5.58. The minimum atomic E-state index is 0.660. The molecule has 0 spiro atoms. The van der Waals surface area contributed by atoms with Gasteiger partial charge < -0.3 is 14.6 Å². The van der Waals surface area contributed by atoms with Gasteiger partial charge in [0.2, 0.25) is 0 Å². The van der Waals surface area contributed by atoms with Gasteiger partial charge in [0.15, 0.2) is 0 Å². The standard InChI is InChI=1S/C15H20N2O/c1-17(10-13-5-4-8-16-13)9-12-11-18-15-7-3-2-6-14(12)15/h2-3,6-7,11,13,16H,4-5,8-10H2,1H3. The molecule has 1 unspecified atom stereocenters. The van der Waals surface area contributed by atoms with Crippen molar-refractivity contribution in [3.63, 3.8) is 0 Å². The van der Waals surface area contributed by atoms with Crippen LogP contribution in [0.15, 0.2) is 34.9 Å². The van der Waals surface area contributed by atoms with E-state index < -0.39 is 0 Å². The molecule has 96 valence electrons. The van der Waals surface area contributed by atoms with Crippen molar-refractivity contribution < 1.29 is 4.42 Å². The Morgan fingerprint density at radius 2 is 2.28 bits per heavy atom. The SMILES string of the molecule is CN(Cc1coc2ccccc12)CC1CCCN1. The van der Waals surface area contributed by atoms with Crippen molar-refractivity contribution in [1.29, 1.82) is 0 Å². The molecule has 0 aliphatic carbocycles. The Balaban J connectivity index is 1.67. The predicted molar refractivity (Wildman–Crippen MR) is 73.6 cm³/mol. The van der Waals surface area contributed by atoms with E-state index >= 15 is 0 Å². The van der Waals surface area contributed by atoms with E-state index in [0.717, 1.165) is 18.7 Å². The Hall–Kier alpha value is -1.32. The Morgan fingerprint density at radius 1 is 1.39 bits per heavy atom. The molecule has 0 radical (unpaired) electrons. The van der Waals surface area contributed by atoms with Crippen LogP contribution in [0.3, 0.4) is 0 Å². The molecule has 1 aliphatic rings. The normalized spacial score (nSPS) is 20.0. The lowest BCUT2D eigenvalue weighted by Crippen LogP contribution is -2.34. The van der Waals surface area contributed by atoms with Crippen LogP contribution >= 0.6 is 0 Å². The number of furan rings is 1. The molecule has 0 saturated carbocycles. The van der Waals surface area contributed by atoms with Crippen LogP contribution in [-0.2, 0) is 6.54 Å². The molecule has 0 bridgehead atoms. The number of para-hydroxylation sites is 1. The predicted octanol–water partition coefficient (Wildman–Crippen LogP) is 2.62. The molecule has 0 amide bonds. The van der Waals surface area contributed by atoms with Crippen LogP contribution in [0.2, 0.25) is 0 Å². The molecule has 2 aromatic rings. The monoisotopic (exact) mass is 244 g/mol. The molecular weight excluding hydrogens is 224 g/mol. The van der Waals surface area contributed by atoms with E-state index in [1.807, 2.05) is 18.4 Å². The van der Waals surface area contributed by atoms with E-state index in [9.17, 15) is 0 Å². The number of rotatable bonds is 4. The van der Waals surface area contributed by atoms with Gasteiger partial charge in [-0.2, -0.15) is 0 Å². The van der Waals surface area contributed by atoms with Crippen molar-refractivity contribution in [2.24, 2.45) is 0 Å². The third kappa shape index (κ3) is 2.42. The lowest BCUT2D eigenvalue weighted by molar-refractivity contribution is 0.293. The summed E-state index contributed by atoms with van der Waals surface area (Å²) in [5.41, 5.74) is 2.27. The Labute approximate surface area is 108 Å². The van der Waals surface area contributed by atoms with Gasteiger partial charge in [-0.1, -0.05) is 18.2 Å². The van der Waals surface area contributed by atoms with Crippen LogP contribution < -0.4 is 5.32 Å². The fraction of sp³-hybridized carbons (Fsp3) is 0.467. The van der Waals surface area contributed by atoms with Crippen molar-refractivity contribution in [3.05, 3.63) is 36.1 Å². The molecule has 18 heavy (non-hydrogen) atoms. The first-order valence-corrected chi connectivity index (χ1v) is 6.70. The van der Waals surface area contributed by atoms with Gasteiger partial charge in [-0.15, -0.1) is 0 Å². The molecule has 3 nitrogen and oxygen atoms in total. The van der Waals surface area contributed by atoms with Crippen LogP contribution in [-0.4, -0.2) is 31.1 Å². The largest absolute Gasteiger partial charge is 0.464 e. The van der Waals surface area contributed by atoms with E-state index in [-0.39, 0.29) is 0 Å². The summed E-state index contributed by atoms with van der Waals surface area (Å²) in [6, 6.07) is 8.91. The molecule has 1 aromatic carbocycles. The van der Waals surface area contributed by atoms with Crippen molar-refractivity contribution >= 4 is 11.0 Å². The number of nitrogens with zero attached hydrogens (tertiary/aromatic N) is 1. The molecule has 1 atom stereocenters. The highest BCUT2D eigenvalue weighted by atomic mass is 16.3. The Bertz CT molecular complexity index is 514. The molecule has 1 aliphatic heterocycles. The molecule has 1 aromatic heterocycles. The number of benzene rings is 1. The molecule has 3 rings (SSSR count). The fourth-order valence-electron chi connectivity index (χ4n) is 2.80. The highest BCUT2D eigenvalue weighted by Gasteiger charge is 2.16. The van der Waals surface area contributed by atoms with Crippen molar-refractivity contribution in [2.75, 3.05) is 20.1 Å². The second-order valence-corrected chi connectivity index (χ2v) is 5.25. The zero-order valence-corrected chi connectivity index (χ0v) is 10.9. The minimum Gasteiger partial charge on any atom is -0.464 e. The fourth-order valence-corrected chi connectivity index (χ4v) is 2.80. The van der Waals surface area contributed by atoms with Crippen LogP contribution in [0.4, 0.5) is 0 Å². The van der Waals surface area contributed by atoms with E-state index in [2.05, 4.69) is 29.4 Å². The first kappa shape index (κ1) is 11.8. The molecule has 2 heterocycles. The molecule has 1 fully saturated rings. The third-order valence-electron chi connectivity index (χ3n) is 3.70. The van der Waals surface area contributed by atoms with E-state index in [4.69, 9.17) is 4.42 Å². The zero-order chi connectivity index (χ0) is 12.4. The molecule has 1 saturated heterocycles. The van der Waals surface area contributed by atoms with Gasteiger partial charge in [-0.05, 0) is 32.5 Å². The number of fused-ring (bicyclic) bond motifs is 1. The summed E-state index contributed by atoms with van der Waals surface area (Å²) in [5.74, 6) is 0. The van der Waals surface area contributed by atoms with E-state index in [1.165, 1.54) is 30.3 Å².